The molecule has 0 atom stereocenters. The Morgan fingerprint density at radius 2 is 1.89 bits per heavy atom. The molecule has 8 heteroatoms. The van der Waals surface area contributed by atoms with E-state index in [1.54, 1.807) is 23.4 Å². The van der Waals surface area contributed by atoms with Crippen LogP contribution in [0.2, 0.25) is 0 Å². The number of benzene rings is 1. The number of hydrogen-bond acceptors (Lipinski definition) is 5. The molecule has 2 aliphatic rings. The summed E-state index contributed by atoms with van der Waals surface area (Å²) < 4.78 is 35.5. The van der Waals surface area contributed by atoms with Gasteiger partial charge in [0.1, 0.15) is 12.6 Å². The summed E-state index contributed by atoms with van der Waals surface area (Å²) in [5.41, 5.74) is 4.59. The van der Waals surface area contributed by atoms with Gasteiger partial charge in [-0.2, -0.15) is 9.57 Å². The SMILES string of the molecule is CCOC(=O)Cn1c(C)c(Cc2ccccc2S(=O)(=O)N2CCCC2)c(C#N)c1C1=CCCCC1. The van der Waals surface area contributed by atoms with Gasteiger partial charge in [-0.1, -0.05) is 24.3 Å². The molecule has 7 nitrogen and oxygen atoms in total. The summed E-state index contributed by atoms with van der Waals surface area (Å²) in [6.45, 7) is 5.06. The predicted octanol–water partition coefficient (Wildman–Crippen LogP) is 4.56. The molecule has 1 aromatic heterocycles. The van der Waals surface area contributed by atoms with E-state index in [2.05, 4.69) is 12.1 Å². The second kappa shape index (κ2) is 10.8. The molecule has 0 amide bonds. The van der Waals surface area contributed by atoms with E-state index in [0.29, 0.717) is 35.5 Å². The quantitative estimate of drug-likeness (QED) is 0.501. The van der Waals surface area contributed by atoms with Crippen LogP contribution in [0, 0.1) is 18.3 Å². The van der Waals surface area contributed by atoms with Gasteiger partial charge in [-0.3, -0.25) is 4.79 Å². The molecule has 2 heterocycles. The van der Waals surface area contributed by atoms with Gasteiger partial charge in [0.15, 0.2) is 0 Å². The molecule has 186 valence electrons. The fourth-order valence-electron chi connectivity index (χ4n) is 5.21. The van der Waals surface area contributed by atoms with Crippen LogP contribution in [0.25, 0.3) is 5.57 Å². The number of nitrogens with zero attached hydrogens (tertiary/aromatic N) is 3. The van der Waals surface area contributed by atoms with Crippen molar-refractivity contribution in [3.63, 3.8) is 0 Å². The zero-order valence-corrected chi connectivity index (χ0v) is 21.4. The highest BCUT2D eigenvalue weighted by Crippen LogP contribution is 2.36. The largest absolute Gasteiger partial charge is 0.465 e. The molecule has 0 bridgehead atoms. The minimum absolute atomic E-state index is 0.0226. The molecule has 1 aromatic carbocycles. The lowest BCUT2D eigenvalue weighted by Crippen LogP contribution is -2.28. The zero-order valence-electron chi connectivity index (χ0n) is 20.5. The Labute approximate surface area is 208 Å². The van der Waals surface area contributed by atoms with Gasteiger partial charge in [0, 0.05) is 25.2 Å². The third kappa shape index (κ3) is 5.07. The molecule has 35 heavy (non-hydrogen) atoms. The van der Waals surface area contributed by atoms with E-state index in [9.17, 15) is 18.5 Å². The maximum atomic E-state index is 13.4. The second-order valence-corrected chi connectivity index (χ2v) is 11.1. The molecule has 2 aromatic rings. The molecular formula is C27H33N3O4S. The Morgan fingerprint density at radius 3 is 2.54 bits per heavy atom. The fourth-order valence-corrected chi connectivity index (χ4v) is 6.95. The Hall–Kier alpha value is -2.89. The molecule has 0 N–H and O–H groups in total. The molecule has 1 aliphatic carbocycles. The standard InChI is InChI=1S/C27H33N3O4S/c1-3-34-26(31)19-30-20(2)23(24(18-28)27(30)21-11-5-4-6-12-21)17-22-13-7-8-14-25(22)35(32,33)29-15-9-10-16-29/h7-8,11,13-14H,3-6,9-10,12,15-17,19H2,1-2H3. The fraction of sp³-hybridized carbons (Fsp3) is 0.481. The number of rotatable bonds is 8. The number of hydrogen-bond donors (Lipinski definition) is 0. The van der Waals surface area contributed by atoms with Crippen molar-refractivity contribution >= 4 is 21.6 Å². The van der Waals surface area contributed by atoms with Crippen LogP contribution in [0.4, 0.5) is 0 Å². The van der Waals surface area contributed by atoms with Gasteiger partial charge in [0.25, 0.3) is 0 Å². The predicted molar refractivity (Wildman–Crippen MR) is 134 cm³/mol. The first-order valence-corrected chi connectivity index (χ1v) is 13.9. The first-order valence-electron chi connectivity index (χ1n) is 12.4. The number of allylic oxidation sites excluding steroid dienone is 2. The lowest BCUT2D eigenvalue weighted by molar-refractivity contribution is -0.143. The van der Waals surface area contributed by atoms with Gasteiger partial charge >= 0.3 is 5.97 Å². The average molecular weight is 496 g/mol. The van der Waals surface area contributed by atoms with Crippen molar-refractivity contribution in [2.75, 3.05) is 19.7 Å². The summed E-state index contributed by atoms with van der Waals surface area (Å²) in [4.78, 5) is 12.8. The van der Waals surface area contributed by atoms with Gasteiger partial charge in [-0.15, -0.1) is 0 Å². The minimum Gasteiger partial charge on any atom is -0.465 e. The van der Waals surface area contributed by atoms with Gasteiger partial charge in [0.2, 0.25) is 10.0 Å². The lowest BCUT2D eigenvalue weighted by Gasteiger charge is -2.18. The van der Waals surface area contributed by atoms with E-state index < -0.39 is 10.0 Å². The van der Waals surface area contributed by atoms with E-state index in [-0.39, 0.29) is 19.1 Å². The highest BCUT2D eigenvalue weighted by Gasteiger charge is 2.31. The van der Waals surface area contributed by atoms with Crippen molar-refractivity contribution in [2.45, 2.75) is 70.2 Å². The highest BCUT2D eigenvalue weighted by atomic mass is 32.2. The highest BCUT2D eigenvalue weighted by molar-refractivity contribution is 7.89. The normalized spacial score (nSPS) is 16.7. The minimum atomic E-state index is -3.61. The first-order chi connectivity index (χ1) is 16.9. The van der Waals surface area contributed by atoms with Crippen molar-refractivity contribution in [1.29, 1.82) is 5.26 Å². The van der Waals surface area contributed by atoms with Crippen molar-refractivity contribution in [2.24, 2.45) is 0 Å². The second-order valence-electron chi connectivity index (χ2n) is 9.16. The maximum absolute atomic E-state index is 13.4. The number of esters is 1. The summed E-state index contributed by atoms with van der Waals surface area (Å²) >= 11 is 0. The lowest BCUT2D eigenvalue weighted by atomic mass is 9.93. The van der Waals surface area contributed by atoms with E-state index >= 15 is 0 Å². The van der Waals surface area contributed by atoms with Crippen molar-refractivity contribution < 1.29 is 17.9 Å². The molecule has 0 saturated carbocycles. The number of aromatic nitrogens is 1. The zero-order chi connectivity index (χ0) is 25.0. The van der Waals surface area contributed by atoms with Crippen molar-refractivity contribution in [3.05, 3.63) is 58.4 Å². The van der Waals surface area contributed by atoms with Crippen LogP contribution in [0.5, 0.6) is 0 Å². The molecule has 0 unspecified atom stereocenters. The number of carbonyl (C=O) groups excluding carboxylic acids is 1. The summed E-state index contributed by atoms with van der Waals surface area (Å²) in [7, 11) is -3.61. The van der Waals surface area contributed by atoms with E-state index in [4.69, 9.17) is 4.74 Å². The molecule has 4 rings (SSSR count). The van der Waals surface area contributed by atoms with Crippen LogP contribution in [0.3, 0.4) is 0 Å². The third-order valence-electron chi connectivity index (χ3n) is 6.97. The van der Waals surface area contributed by atoms with Gasteiger partial charge in [0.05, 0.1) is 22.8 Å². The summed E-state index contributed by atoms with van der Waals surface area (Å²) in [5, 5.41) is 10.3. The van der Waals surface area contributed by atoms with Crippen molar-refractivity contribution in [3.8, 4) is 6.07 Å². The van der Waals surface area contributed by atoms with Gasteiger partial charge in [-0.05, 0) is 75.1 Å². The number of nitriles is 1. The average Bonchev–Trinajstić information content (AvgIpc) is 3.49. The van der Waals surface area contributed by atoms with Crippen LogP contribution in [-0.2, 0) is 32.5 Å². The van der Waals surface area contributed by atoms with Crippen LogP contribution >= 0.6 is 0 Å². The van der Waals surface area contributed by atoms with E-state index in [1.807, 2.05) is 23.6 Å². The van der Waals surface area contributed by atoms with Crippen LogP contribution < -0.4 is 0 Å². The maximum Gasteiger partial charge on any atom is 0.325 e. The van der Waals surface area contributed by atoms with Crippen molar-refractivity contribution in [1.82, 2.24) is 8.87 Å². The van der Waals surface area contributed by atoms with Crippen LogP contribution in [-0.4, -0.2) is 43.0 Å². The molecule has 0 spiro atoms. The van der Waals surface area contributed by atoms with E-state index in [0.717, 1.165) is 61.0 Å². The number of carbonyl (C=O) groups is 1. The summed E-state index contributed by atoms with van der Waals surface area (Å²) in [6.07, 6.45) is 8.13. The molecule has 1 fully saturated rings. The molecule has 1 saturated heterocycles. The Balaban J connectivity index is 1.82. The topological polar surface area (TPSA) is 92.4 Å². The summed E-state index contributed by atoms with van der Waals surface area (Å²) in [5.74, 6) is -0.351. The van der Waals surface area contributed by atoms with Gasteiger partial charge in [-0.25, -0.2) is 8.42 Å². The third-order valence-corrected chi connectivity index (χ3v) is 8.97. The Kier molecular flexibility index (Phi) is 7.78. The molecule has 0 radical (unpaired) electrons. The van der Waals surface area contributed by atoms with Gasteiger partial charge < -0.3 is 9.30 Å². The van der Waals surface area contributed by atoms with Crippen LogP contribution in [0.1, 0.15) is 73.5 Å². The van der Waals surface area contributed by atoms with Crippen LogP contribution in [0.15, 0.2) is 35.2 Å². The number of ether oxygens (including phenoxy) is 1. The van der Waals surface area contributed by atoms with E-state index in [1.165, 1.54) is 0 Å². The Bertz CT molecular complexity index is 1280. The summed E-state index contributed by atoms with van der Waals surface area (Å²) in [6, 6.07) is 9.45. The Morgan fingerprint density at radius 1 is 1.14 bits per heavy atom. The smallest absolute Gasteiger partial charge is 0.325 e. The molecular weight excluding hydrogens is 462 g/mol. The monoisotopic (exact) mass is 495 g/mol. The molecule has 1 aliphatic heterocycles. The number of sulfonamides is 1. The first kappa shape index (κ1) is 25.2.